The van der Waals surface area contributed by atoms with Gasteiger partial charge in [-0.1, -0.05) is 24.3 Å². The number of aromatic amines is 1. The van der Waals surface area contributed by atoms with Gasteiger partial charge in [-0.05, 0) is 54.1 Å². The maximum absolute atomic E-state index is 13.1. The third-order valence-electron chi connectivity index (χ3n) is 5.72. The number of hydrogen-bond donors (Lipinski definition) is 2. The van der Waals surface area contributed by atoms with Crippen molar-refractivity contribution in [1.82, 2.24) is 14.5 Å². The number of nitrogens with one attached hydrogen (secondary N) is 1. The SMILES string of the molecule is COC(=O)c1ccc2c(c1)c(-c1nc3cc4ccccc4cc3[nH]c1=O)cn2CCCN. The number of nitrogens with zero attached hydrogens (tertiary/aromatic N) is 2. The van der Waals surface area contributed by atoms with Gasteiger partial charge in [0.05, 0.1) is 23.7 Å². The zero-order valence-corrected chi connectivity index (χ0v) is 17.6. The van der Waals surface area contributed by atoms with E-state index in [0.717, 1.165) is 28.1 Å². The highest BCUT2D eigenvalue weighted by molar-refractivity contribution is 6.02. The molecule has 0 saturated carbocycles. The molecular formula is C25H22N4O3. The van der Waals surface area contributed by atoms with E-state index in [-0.39, 0.29) is 5.56 Å². The molecule has 0 aliphatic carbocycles. The fourth-order valence-electron chi connectivity index (χ4n) is 4.13. The van der Waals surface area contributed by atoms with Gasteiger partial charge >= 0.3 is 5.97 Å². The molecule has 7 heteroatoms. The first-order chi connectivity index (χ1) is 15.6. The molecule has 5 rings (SSSR count). The minimum absolute atomic E-state index is 0.283. The van der Waals surface area contributed by atoms with Crippen LogP contribution in [0.4, 0.5) is 0 Å². The topological polar surface area (TPSA) is 103 Å². The van der Waals surface area contributed by atoms with Crippen molar-refractivity contribution in [3.8, 4) is 11.3 Å². The van der Waals surface area contributed by atoms with Gasteiger partial charge in [0.2, 0.25) is 0 Å². The van der Waals surface area contributed by atoms with Crippen LogP contribution in [0.1, 0.15) is 16.8 Å². The zero-order chi connectivity index (χ0) is 22.2. The van der Waals surface area contributed by atoms with Crippen LogP contribution in [0.25, 0.3) is 44.0 Å². The lowest BCUT2D eigenvalue weighted by atomic mass is 10.1. The Kier molecular flexibility index (Phi) is 4.95. The summed E-state index contributed by atoms with van der Waals surface area (Å²) in [5.41, 5.74) is 9.10. The standard InChI is InChI=1S/C25H22N4O3/c1-32-25(31)17-7-8-22-18(11-17)19(14-29(22)10-4-9-26)23-24(30)28-21-13-16-6-3-2-5-15(16)12-20(21)27-23/h2-3,5-8,11-14H,4,9-10,26H2,1H3,(H,28,30). The molecule has 0 atom stereocenters. The van der Waals surface area contributed by atoms with Crippen molar-refractivity contribution >= 4 is 38.7 Å². The Morgan fingerprint density at radius 3 is 2.66 bits per heavy atom. The average Bonchev–Trinajstić information content (AvgIpc) is 3.18. The number of ether oxygens (including phenoxy) is 1. The number of carbonyl (C=O) groups is 1. The number of esters is 1. The van der Waals surface area contributed by atoms with Crippen LogP contribution >= 0.6 is 0 Å². The molecule has 0 spiro atoms. The summed E-state index contributed by atoms with van der Waals surface area (Å²) in [7, 11) is 1.35. The van der Waals surface area contributed by atoms with Crippen molar-refractivity contribution in [2.24, 2.45) is 5.73 Å². The second-order valence-electron chi connectivity index (χ2n) is 7.73. The molecule has 0 aliphatic heterocycles. The molecule has 0 unspecified atom stereocenters. The van der Waals surface area contributed by atoms with E-state index in [0.29, 0.717) is 40.9 Å². The maximum atomic E-state index is 13.1. The molecule has 0 aliphatic rings. The van der Waals surface area contributed by atoms with Crippen molar-refractivity contribution < 1.29 is 9.53 Å². The third kappa shape index (κ3) is 3.33. The summed E-state index contributed by atoms with van der Waals surface area (Å²) in [4.78, 5) is 32.9. The first kappa shape index (κ1) is 20.0. The largest absolute Gasteiger partial charge is 0.465 e. The molecular weight excluding hydrogens is 404 g/mol. The molecule has 5 aromatic rings. The van der Waals surface area contributed by atoms with Crippen molar-refractivity contribution in [3.05, 3.63) is 76.7 Å². The number of aromatic nitrogens is 3. The Hall–Kier alpha value is -3.97. The summed E-state index contributed by atoms with van der Waals surface area (Å²) < 4.78 is 6.92. The molecule has 3 aromatic carbocycles. The summed E-state index contributed by atoms with van der Waals surface area (Å²) in [6.07, 6.45) is 2.70. The number of rotatable bonds is 5. The summed E-state index contributed by atoms with van der Waals surface area (Å²) >= 11 is 0. The molecule has 0 radical (unpaired) electrons. The Bertz CT molecular complexity index is 1550. The van der Waals surface area contributed by atoms with Crippen LogP contribution in [0, 0.1) is 0 Å². The van der Waals surface area contributed by atoms with Crippen molar-refractivity contribution in [3.63, 3.8) is 0 Å². The smallest absolute Gasteiger partial charge is 0.337 e. The Balaban J connectivity index is 1.76. The highest BCUT2D eigenvalue weighted by Gasteiger charge is 2.18. The van der Waals surface area contributed by atoms with E-state index in [2.05, 4.69) is 4.98 Å². The van der Waals surface area contributed by atoms with E-state index in [4.69, 9.17) is 15.5 Å². The van der Waals surface area contributed by atoms with Crippen LogP contribution in [-0.4, -0.2) is 34.2 Å². The van der Waals surface area contributed by atoms with Crippen molar-refractivity contribution in [2.45, 2.75) is 13.0 Å². The summed E-state index contributed by atoms with van der Waals surface area (Å²) in [5, 5.41) is 2.85. The number of methoxy groups -OCH3 is 1. The fourth-order valence-corrected chi connectivity index (χ4v) is 4.13. The normalized spacial score (nSPS) is 11.4. The molecule has 0 amide bonds. The van der Waals surface area contributed by atoms with E-state index < -0.39 is 5.97 Å². The summed E-state index contributed by atoms with van der Waals surface area (Å²) in [6, 6.07) is 17.2. The van der Waals surface area contributed by atoms with Gasteiger partial charge in [-0.25, -0.2) is 9.78 Å². The predicted octanol–water partition coefficient (Wildman–Crippen LogP) is 3.83. The second kappa shape index (κ2) is 7.94. The lowest BCUT2D eigenvalue weighted by Gasteiger charge is -2.05. The average molecular weight is 426 g/mol. The van der Waals surface area contributed by atoms with Crippen LogP contribution in [0.2, 0.25) is 0 Å². The van der Waals surface area contributed by atoms with E-state index >= 15 is 0 Å². The van der Waals surface area contributed by atoms with Gasteiger partial charge in [-0.3, -0.25) is 4.79 Å². The monoisotopic (exact) mass is 426 g/mol. The maximum Gasteiger partial charge on any atom is 0.337 e. The predicted molar refractivity (Wildman–Crippen MR) is 126 cm³/mol. The molecule has 0 saturated heterocycles. The number of H-pyrrole nitrogens is 1. The molecule has 160 valence electrons. The molecule has 0 bridgehead atoms. The fraction of sp³-hybridized carbons (Fsp3) is 0.160. The van der Waals surface area contributed by atoms with E-state index in [1.807, 2.05) is 53.2 Å². The molecule has 32 heavy (non-hydrogen) atoms. The van der Waals surface area contributed by atoms with Crippen LogP contribution in [0.15, 0.2) is 65.6 Å². The molecule has 7 nitrogen and oxygen atoms in total. The Morgan fingerprint density at radius 2 is 1.91 bits per heavy atom. The minimum Gasteiger partial charge on any atom is -0.465 e. The van der Waals surface area contributed by atoms with Gasteiger partial charge in [0.1, 0.15) is 5.69 Å². The highest BCUT2D eigenvalue weighted by Crippen LogP contribution is 2.30. The van der Waals surface area contributed by atoms with Crippen molar-refractivity contribution in [2.75, 3.05) is 13.7 Å². The van der Waals surface area contributed by atoms with E-state index in [9.17, 15) is 9.59 Å². The van der Waals surface area contributed by atoms with Gasteiger partial charge in [0.15, 0.2) is 0 Å². The van der Waals surface area contributed by atoms with Crippen molar-refractivity contribution in [1.29, 1.82) is 0 Å². The minimum atomic E-state index is -0.431. The molecule has 0 fully saturated rings. The zero-order valence-electron chi connectivity index (χ0n) is 17.6. The highest BCUT2D eigenvalue weighted by atomic mass is 16.5. The second-order valence-corrected chi connectivity index (χ2v) is 7.73. The van der Waals surface area contributed by atoms with Gasteiger partial charge in [-0.15, -0.1) is 0 Å². The van der Waals surface area contributed by atoms with Crippen LogP contribution in [-0.2, 0) is 11.3 Å². The summed E-state index contributed by atoms with van der Waals surface area (Å²) in [6.45, 7) is 1.25. The van der Waals surface area contributed by atoms with Gasteiger partial charge in [-0.2, -0.15) is 0 Å². The number of benzene rings is 3. The van der Waals surface area contributed by atoms with Gasteiger partial charge < -0.3 is 20.0 Å². The van der Waals surface area contributed by atoms with Gasteiger partial charge in [0, 0.05) is 29.2 Å². The summed E-state index contributed by atoms with van der Waals surface area (Å²) in [5.74, 6) is -0.431. The van der Waals surface area contributed by atoms with Crippen LogP contribution in [0.5, 0.6) is 0 Å². The lowest BCUT2D eigenvalue weighted by molar-refractivity contribution is 0.0601. The molecule has 2 aromatic heterocycles. The molecule has 2 heterocycles. The number of carbonyl (C=O) groups excluding carboxylic acids is 1. The number of aryl methyl sites for hydroxylation is 1. The van der Waals surface area contributed by atoms with Crippen LogP contribution < -0.4 is 11.3 Å². The van der Waals surface area contributed by atoms with Crippen LogP contribution in [0.3, 0.4) is 0 Å². The number of hydrogen-bond acceptors (Lipinski definition) is 5. The Morgan fingerprint density at radius 1 is 1.12 bits per heavy atom. The quantitative estimate of drug-likeness (QED) is 0.328. The molecule has 3 N–H and O–H groups in total. The number of nitrogens with two attached hydrogens (primary N) is 1. The number of fused-ring (bicyclic) bond motifs is 3. The third-order valence-corrected chi connectivity index (χ3v) is 5.72. The van der Waals surface area contributed by atoms with E-state index in [1.165, 1.54) is 7.11 Å². The first-order valence-electron chi connectivity index (χ1n) is 10.4. The van der Waals surface area contributed by atoms with Gasteiger partial charge in [0.25, 0.3) is 5.56 Å². The lowest BCUT2D eigenvalue weighted by Crippen LogP contribution is -2.11. The van der Waals surface area contributed by atoms with E-state index in [1.54, 1.807) is 12.1 Å². The first-order valence-corrected chi connectivity index (χ1v) is 10.4. The Labute approximate surface area is 183 Å².